The van der Waals surface area contributed by atoms with Gasteiger partial charge in [-0.25, -0.2) is 0 Å². The molecule has 1 aliphatic carbocycles. The fraction of sp³-hybridized carbons (Fsp3) is 1.00. The van der Waals surface area contributed by atoms with Crippen LogP contribution in [0.15, 0.2) is 0 Å². The summed E-state index contributed by atoms with van der Waals surface area (Å²) >= 11 is 0. The molecule has 2 atom stereocenters. The van der Waals surface area contributed by atoms with E-state index in [9.17, 15) is 0 Å². The van der Waals surface area contributed by atoms with E-state index in [2.05, 4.69) is 19.2 Å². The van der Waals surface area contributed by atoms with Gasteiger partial charge in [-0.2, -0.15) is 0 Å². The molecule has 2 fully saturated rings. The molecule has 2 aliphatic rings. The highest BCUT2D eigenvalue weighted by Gasteiger charge is 2.26. The molecule has 0 spiro atoms. The standard InChI is InChI=1S/C15H29NO2/c1-12(2)9-16-10-14-7-8-15(18-14)11-17-13-5-3-4-6-13/h12-16H,3-11H2,1-2H3. The Kier molecular flexibility index (Phi) is 5.93. The van der Waals surface area contributed by atoms with E-state index in [4.69, 9.17) is 9.47 Å². The number of hydrogen-bond donors (Lipinski definition) is 1. The first kappa shape index (κ1) is 14.3. The minimum atomic E-state index is 0.344. The van der Waals surface area contributed by atoms with Crippen LogP contribution < -0.4 is 5.32 Å². The van der Waals surface area contributed by atoms with Crippen LogP contribution in [-0.4, -0.2) is 38.0 Å². The third-order valence-corrected chi connectivity index (χ3v) is 3.94. The molecule has 0 aromatic heterocycles. The van der Waals surface area contributed by atoms with Crippen LogP contribution in [0.2, 0.25) is 0 Å². The summed E-state index contributed by atoms with van der Waals surface area (Å²) in [6, 6.07) is 0. The van der Waals surface area contributed by atoms with Crippen molar-refractivity contribution in [3.05, 3.63) is 0 Å². The van der Waals surface area contributed by atoms with Crippen LogP contribution in [0, 0.1) is 5.92 Å². The molecule has 1 N–H and O–H groups in total. The predicted octanol–water partition coefficient (Wildman–Crippen LogP) is 2.74. The topological polar surface area (TPSA) is 30.5 Å². The van der Waals surface area contributed by atoms with Gasteiger partial charge >= 0.3 is 0 Å². The number of hydrogen-bond acceptors (Lipinski definition) is 3. The fourth-order valence-electron chi connectivity index (χ4n) is 2.88. The molecule has 106 valence electrons. The van der Waals surface area contributed by atoms with Crippen LogP contribution in [0.1, 0.15) is 52.4 Å². The monoisotopic (exact) mass is 255 g/mol. The largest absolute Gasteiger partial charge is 0.376 e. The smallest absolute Gasteiger partial charge is 0.0814 e. The van der Waals surface area contributed by atoms with Crippen molar-refractivity contribution in [2.45, 2.75) is 70.7 Å². The van der Waals surface area contributed by atoms with Gasteiger partial charge in [0.15, 0.2) is 0 Å². The Balaban J connectivity index is 1.53. The molecule has 3 heteroatoms. The van der Waals surface area contributed by atoms with Crippen LogP contribution in [0.25, 0.3) is 0 Å². The first-order chi connectivity index (χ1) is 8.74. The molecule has 0 amide bonds. The Bertz CT molecular complexity index is 227. The van der Waals surface area contributed by atoms with Crippen LogP contribution in [-0.2, 0) is 9.47 Å². The van der Waals surface area contributed by atoms with E-state index in [-0.39, 0.29) is 0 Å². The molecule has 1 heterocycles. The van der Waals surface area contributed by atoms with E-state index in [0.29, 0.717) is 24.2 Å². The Labute approximate surface area is 112 Å². The van der Waals surface area contributed by atoms with Gasteiger partial charge in [0.2, 0.25) is 0 Å². The van der Waals surface area contributed by atoms with Crippen LogP contribution in [0.5, 0.6) is 0 Å². The van der Waals surface area contributed by atoms with Gasteiger partial charge in [-0.05, 0) is 38.1 Å². The van der Waals surface area contributed by atoms with E-state index >= 15 is 0 Å². The minimum absolute atomic E-state index is 0.344. The van der Waals surface area contributed by atoms with Gasteiger partial charge in [-0.1, -0.05) is 26.7 Å². The highest BCUT2D eigenvalue weighted by molar-refractivity contribution is 4.76. The van der Waals surface area contributed by atoms with Crippen molar-refractivity contribution in [3.8, 4) is 0 Å². The molecule has 0 aromatic rings. The van der Waals surface area contributed by atoms with Gasteiger partial charge in [0.1, 0.15) is 0 Å². The Morgan fingerprint density at radius 2 is 1.83 bits per heavy atom. The van der Waals surface area contributed by atoms with Crippen molar-refractivity contribution in [2.24, 2.45) is 5.92 Å². The van der Waals surface area contributed by atoms with Crippen LogP contribution in [0.3, 0.4) is 0 Å². The second-order valence-corrected chi connectivity index (χ2v) is 6.25. The average Bonchev–Trinajstić information content (AvgIpc) is 2.96. The van der Waals surface area contributed by atoms with Gasteiger partial charge in [0.25, 0.3) is 0 Å². The Morgan fingerprint density at radius 1 is 1.11 bits per heavy atom. The van der Waals surface area contributed by atoms with Crippen LogP contribution >= 0.6 is 0 Å². The quantitative estimate of drug-likeness (QED) is 0.759. The van der Waals surface area contributed by atoms with E-state index in [1.807, 2.05) is 0 Å². The lowest BCUT2D eigenvalue weighted by molar-refractivity contribution is -0.0389. The van der Waals surface area contributed by atoms with Crippen molar-refractivity contribution < 1.29 is 9.47 Å². The van der Waals surface area contributed by atoms with E-state index < -0.39 is 0 Å². The average molecular weight is 255 g/mol. The van der Waals surface area contributed by atoms with Gasteiger partial charge in [-0.3, -0.25) is 0 Å². The lowest BCUT2D eigenvalue weighted by Crippen LogP contribution is -2.30. The summed E-state index contributed by atoms with van der Waals surface area (Å²) in [4.78, 5) is 0. The molecule has 2 rings (SSSR count). The number of rotatable bonds is 7. The minimum Gasteiger partial charge on any atom is -0.376 e. The summed E-state index contributed by atoms with van der Waals surface area (Å²) in [6.45, 7) is 7.37. The third kappa shape index (κ3) is 4.87. The van der Waals surface area contributed by atoms with E-state index in [1.54, 1.807) is 0 Å². The van der Waals surface area contributed by atoms with Crippen molar-refractivity contribution in [2.75, 3.05) is 19.7 Å². The van der Waals surface area contributed by atoms with Crippen molar-refractivity contribution in [1.29, 1.82) is 0 Å². The summed E-state index contributed by atoms with van der Waals surface area (Å²) in [6.07, 6.45) is 8.82. The van der Waals surface area contributed by atoms with Crippen molar-refractivity contribution in [1.82, 2.24) is 5.32 Å². The molecule has 1 aliphatic heterocycles. The van der Waals surface area contributed by atoms with E-state index in [1.165, 1.54) is 38.5 Å². The fourth-order valence-corrected chi connectivity index (χ4v) is 2.88. The molecular weight excluding hydrogens is 226 g/mol. The molecule has 1 saturated heterocycles. The summed E-state index contributed by atoms with van der Waals surface area (Å²) in [7, 11) is 0. The molecule has 1 saturated carbocycles. The summed E-state index contributed by atoms with van der Waals surface area (Å²) in [5.41, 5.74) is 0. The van der Waals surface area contributed by atoms with Crippen molar-refractivity contribution in [3.63, 3.8) is 0 Å². The van der Waals surface area contributed by atoms with Crippen molar-refractivity contribution >= 4 is 0 Å². The molecular formula is C15H29NO2. The molecule has 18 heavy (non-hydrogen) atoms. The maximum Gasteiger partial charge on any atom is 0.0814 e. The van der Waals surface area contributed by atoms with Gasteiger partial charge < -0.3 is 14.8 Å². The molecule has 2 unspecified atom stereocenters. The lowest BCUT2D eigenvalue weighted by Gasteiger charge is -2.17. The summed E-state index contributed by atoms with van der Waals surface area (Å²) in [5.74, 6) is 0.716. The maximum absolute atomic E-state index is 6.02. The highest BCUT2D eigenvalue weighted by Crippen LogP contribution is 2.24. The summed E-state index contributed by atoms with van der Waals surface area (Å²) < 4.78 is 11.9. The van der Waals surface area contributed by atoms with Gasteiger partial charge in [-0.15, -0.1) is 0 Å². The summed E-state index contributed by atoms with van der Waals surface area (Å²) in [5, 5.41) is 3.48. The van der Waals surface area contributed by atoms with Gasteiger partial charge in [0.05, 0.1) is 24.9 Å². The maximum atomic E-state index is 6.02. The first-order valence-electron chi connectivity index (χ1n) is 7.72. The first-order valence-corrected chi connectivity index (χ1v) is 7.72. The SMILES string of the molecule is CC(C)CNCC1CCC(COC2CCCC2)O1. The van der Waals surface area contributed by atoms with Gasteiger partial charge in [0, 0.05) is 6.54 Å². The number of nitrogens with one attached hydrogen (secondary N) is 1. The molecule has 3 nitrogen and oxygen atoms in total. The Morgan fingerprint density at radius 3 is 2.56 bits per heavy atom. The lowest BCUT2D eigenvalue weighted by atomic mass is 10.2. The Hall–Kier alpha value is -0.120. The molecule has 0 aromatic carbocycles. The normalized spacial score (nSPS) is 29.5. The molecule has 0 bridgehead atoms. The zero-order valence-electron chi connectivity index (χ0n) is 12.0. The highest BCUT2D eigenvalue weighted by atomic mass is 16.5. The zero-order valence-corrected chi connectivity index (χ0v) is 12.0. The van der Waals surface area contributed by atoms with Crippen LogP contribution in [0.4, 0.5) is 0 Å². The number of ether oxygens (including phenoxy) is 2. The second-order valence-electron chi connectivity index (χ2n) is 6.25. The second kappa shape index (κ2) is 7.46. The third-order valence-electron chi connectivity index (χ3n) is 3.94. The molecule has 0 radical (unpaired) electrons. The predicted molar refractivity (Wildman–Crippen MR) is 73.8 cm³/mol. The zero-order chi connectivity index (χ0) is 12.8. The van der Waals surface area contributed by atoms with E-state index in [0.717, 1.165) is 19.7 Å².